The molecule has 1 aromatic carbocycles. The highest BCUT2D eigenvalue weighted by atomic mass is 35.5. The first kappa shape index (κ1) is 16.1. The molecule has 1 unspecified atom stereocenters. The third kappa shape index (κ3) is 2.52. The van der Waals surface area contributed by atoms with Crippen LogP contribution in [0.1, 0.15) is 38.7 Å². The average molecular weight is 359 g/mol. The van der Waals surface area contributed by atoms with Crippen molar-refractivity contribution in [1.29, 1.82) is 0 Å². The van der Waals surface area contributed by atoms with Gasteiger partial charge in [-0.2, -0.15) is 0 Å². The summed E-state index contributed by atoms with van der Waals surface area (Å²) < 4.78 is 25.1. The number of alkyl halides is 2. The largest absolute Gasteiger partial charge is 0.370 e. The number of rotatable bonds is 4. The molecule has 5 atom stereocenters. The van der Waals surface area contributed by atoms with Crippen LogP contribution in [0, 0.1) is 17.2 Å². The Bertz CT molecular complexity index is 637. The quantitative estimate of drug-likeness (QED) is 0.566. The Morgan fingerprint density at radius 2 is 1.96 bits per heavy atom. The van der Waals surface area contributed by atoms with Crippen molar-refractivity contribution in [1.82, 2.24) is 0 Å². The van der Waals surface area contributed by atoms with Crippen LogP contribution < -0.4 is 0 Å². The molecule has 2 nitrogen and oxygen atoms in total. The van der Waals surface area contributed by atoms with Gasteiger partial charge in [0.2, 0.25) is 0 Å². The first-order chi connectivity index (χ1) is 10.8. The fraction of sp³-hybridized carbons (Fsp3) is 0.667. The molecule has 1 saturated heterocycles. The molecule has 2 aliphatic carbocycles. The molecule has 4 rings (SSSR count). The zero-order valence-corrected chi connectivity index (χ0v) is 14.8. The van der Waals surface area contributed by atoms with E-state index in [2.05, 4.69) is 13.8 Å². The maximum absolute atomic E-state index is 13.8. The smallest absolute Gasteiger partial charge is 0.128 e. The van der Waals surface area contributed by atoms with E-state index in [4.69, 9.17) is 32.7 Å². The zero-order valence-electron chi connectivity index (χ0n) is 13.3. The molecule has 3 aliphatic rings. The lowest BCUT2D eigenvalue weighted by Crippen LogP contribution is -2.41. The van der Waals surface area contributed by atoms with E-state index in [0.29, 0.717) is 11.5 Å². The third-order valence-electron chi connectivity index (χ3n) is 6.21. The van der Waals surface area contributed by atoms with Crippen molar-refractivity contribution < 1.29 is 13.9 Å². The van der Waals surface area contributed by atoms with Crippen LogP contribution in [-0.2, 0) is 16.1 Å². The van der Waals surface area contributed by atoms with Crippen molar-refractivity contribution in [2.24, 2.45) is 11.3 Å². The van der Waals surface area contributed by atoms with Crippen LogP contribution in [0.4, 0.5) is 4.39 Å². The van der Waals surface area contributed by atoms with E-state index in [0.717, 1.165) is 19.3 Å². The Morgan fingerprint density at radius 1 is 1.26 bits per heavy atom. The van der Waals surface area contributed by atoms with Crippen molar-refractivity contribution >= 4 is 23.2 Å². The van der Waals surface area contributed by atoms with Gasteiger partial charge < -0.3 is 9.47 Å². The minimum absolute atomic E-state index is 0.0487. The summed E-state index contributed by atoms with van der Waals surface area (Å²) in [6, 6.07) is 6.73. The summed E-state index contributed by atoms with van der Waals surface area (Å²) in [6.07, 6.45) is 2.81. The minimum atomic E-state index is -0.629. The summed E-state index contributed by atoms with van der Waals surface area (Å²) in [4.78, 5) is 0. The molecule has 0 aromatic heterocycles. The van der Waals surface area contributed by atoms with Crippen LogP contribution in [0.5, 0.6) is 0 Å². The average Bonchev–Trinajstić information content (AvgIpc) is 3.30. The van der Waals surface area contributed by atoms with Gasteiger partial charge >= 0.3 is 0 Å². The summed E-state index contributed by atoms with van der Waals surface area (Å²) in [5, 5.41) is 0. The number of benzene rings is 1. The molecular formula is C18H21Cl2FO2. The Kier molecular flexibility index (Phi) is 3.56. The maximum atomic E-state index is 13.8. The SMILES string of the molecule is CC1([C@@H]2C[C@@H]3O[C@]3(C)[C@H](OCc3ccccc3F)C2)CC1(Cl)Cl. The number of hydrogen-bond acceptors (Lipinski definition) is 2. The molecule has 5 heteroatoms. The van der Waals surface area contributed by atoms with Crippen molar-refractivity contribution in [2.45, 2.75) is 61.9 Å². The molecule has 3 fully saturated rings. The van der Waals surface area contributed by atoms with Gasteiger partial charge in [-0.3, -0.25) is 0 Å². The Balaban J connectivity index is 1.46. The fourth-order valence-corrected chi connectivity index (χ4v) is 4.97. The fourth-order valence-electron chi connectivity index (χ4n) is 4.10. The second-order valence-electron chi connectivity index (χ2n) is 7.65. The predicted octanol–water partition coefficient (Wildman–Crippen LogP) is 4.86. The van der Waals surface area contributed by atoms with Gasteiger partial charge in [0.05, 0.1) is 18.8 Å². The van der Waals surface area contributed by atoms with E-state index in [1.807, 2.05) is 6.07 Å². The molecule has 0 bridgehead atoms. The molecule has 23 heavy (non-hydrogen) atoms. The predicted molar refractivity (Wildman–Crippen MR) is 88.1 cm³/mol. The number of epoxide rings is 1. The lowest BCUT2D eigenvalue weighted by atomic mass is 9.73. The maximum Gasteiger partial charge on any atom is 0.128 e. The van der Waals surface area contributed by atoms with Gasteiger partial charge in [-0.25, -0.2) is 4.39 Å². The van der Waals surface area contributed by atoms with Gasteiger partial charge in [0.1, 0.15) is 15.8 Å². The number of halogens is 3. The molecule has 2 saturated carbocycles. The number of ether oxygens (including phenoxy) is 2. The molecule has 0 amide bonds. The third-order valence-corrected chi connectivity index (χ3v) is 7.34. The topological polar surface area (TPSA) is 21.8 Å². The summed E-state index contributed by atoms with van der Waals surface area (Å²) in [5.41, 5.74) is 0.272. The van der Waals surface area contributed by atoms with Crippen LogP contribution in [0.25, 0.3) is 0 Å². The Hall–Kier alpha value is -0.350. The molecule has 1 aliphatic heterocycles. The highest BCUT2D eigenvalue weighted by Gasteiger charge is 2.71. The van der Waals surface area contributed by atoms with E-state index < -0.39 is 4.33 Å². The van der Waals surface area contributed by atoms with Crippen molar-refractivity contribution in [2.75, 3.05) is 0 Å². The van der Waals surface area contributed by atoms with Crippen LogP contribution >= 0.6 is 23.2 Å². The summed E-state index contributed by atoms with van der Waals surface area (Å²) in [6.45, 7) is 4.50. The molecule has 1 heterocycles. The molecule has 0 N–H and O–H groups in total. The molecule has 0 radical (unpaired) electrons. The van der Waals surface area contributed by atoms with Gasteiger partial charge in [-0.05, 0) is 38.2 Å². The van der Waals surface area contributed by atoms with E-state index >= 15 is 0 Å². The summed E-state index contributed by atoms with van der Waals surface area (Å²) >= 11 is 12.7. The summed E-state index contributed by atoms with van der Waals surface area (Å²) in [7, 11) is 0. The highest BCUT2D eigenvalue weighted by Crippen LogP contribution is 2.71. The standard InChI is InChI=1S/C18H21Cl2FO2/c1-16(10-18(16,19)20)12-7-14(17(2)15(8-12)23-17)22-9-11-5-3-4-6-13(11)21/h3-6,12,14-15H,7-10H2,1-2H3/t12-,14+,15-,16?,17+/m0/s1. The van der Waals surface area contributed by atoms with Crippen LogP contribution in [0.3, 0.4) is 0 Å². The van der Waals surface area contributed by atoms with Crippen molar-refractivity contribution in [3.8, 4) is 0 Å². The van der Waals surface area contributed by atoms with E-state index in [-0.39, 0.29) is 35.6 Å². The lowest BCUT2D eigenvalue weighted by molar-refractivity contribution is -0.0344. The van der Waals surface area contributed by atoms with Gasteiger partial charge in [-0.15, -0.1) is 23.2 Å². The lowest BCUT2D eigenvalue weighted by Gasteiger charge is -2.35. The van der Waals surface area contributed by atoms with Crippen molar-refractivity contribution in [3.05, 3.63) is 35.6 Å². The second-order valence-corrected chi connectivity index (χ2v) is 9.13. The first-order valence-electron chi connectivity index (χ1n) is 8.17. The number of fused-ring (bicyclic) bond motifs is 1. The van der Waals surface area contributed by atoms with Crippen LogP contribution in [0.2, 0.25) is 0 Å². The highest BCUT2D eigenvalue weighted by molar-refractivity contribution is 6.51. The zero-order chi connectivity index (χ0) is 16.5. The monoisotopic (exact) mass is 358 g/mol. The van der Waals surface area contributed by atoms with Crippen LogP contribution in [-0.4, -0.2) is 22.1 Å². The normalized spacial score (nSPS) is 43.8. The molecular weight excluding hydrogens is 338 g/mol. The molecule has 126 valence electrons. The Labute approximate surface area is 146 Å². The van der Waals surface area contributed by atoms with Gasteiger partial charge in [0, 0.05) is 11.0 Å². The van der Waals surface area contributed by atoms with Gasteiger partial charge in [0.15, 0.2) is 0 Å². The van der Waals surface area contributed by atoms with E-state index in [1.54, 1.807) is 12.1 Å². The minimum Gasteiger partial charge on any atom is -0.370 e. The van der Waals surface area contributed by atoms with Gasteiger partial charge in [0.25, 0.3) is 0 Å². The molecule has 1 aromatic rings. The summed E-state index contributed by atoms with van der Waals surface area (Å²) in [5.74, 6) is 0.150. The van der Waals surface area contributed by atoms with Gasteiger partial charge in [-0.1, -0.05) is 25.1 Å². The molecule has 0 spiro atoms. The second kappa shape index (κ2) is 5.08. The van der Waals surface area contributed by atoms with E-state index in [9.17, 15) is 4.39 Å². The van der Waals surface area contributed by atoms with Crippen LogP contribution in [0.15, 0.2) is 24.3 Å². The van der Waals surface area contributed by atoms with E-state index in [1.165, 1.54) is 6.07 Å². The number of hydrogen-bond donors (Lipinski definition) is 0. The Morgan fingerprint density at radius 3 is 2.61 bits per heavy atom. The van der Waals surface area contributed by atoms with Crippen molar-refractivity contribution in [3.63, 3.8) is 0 Å². The first-order valence-corrected chi connectivity index (χ1v) is 8.92.